The van der Waals surface area contributed by atoms with Gasteiger partial charge in [0.25, 0.3) is 16.1 Å². The molecule has 0 aromatic carbocycles. The first-order valence-corrected chi connectivity index (χ1v) is 18.2. The highest BCUT2D eigenvalue weighted by Crippen LogP contribution is 2.65. The van der Waals surface area contributed by atoms with Gasteiger partial charge in [0.05, 0.1) is 6.04 Å². The van der Waals surface area contributed by atoms with E-state index in [9.17, 15) is 32.4 Å². The van der Waals surface area contributed by atoms with Crippen molar-refractivity contribution in [2.45, 2.75) is 99.3 Å². The van der Waals surface area contributed by atoms with E-state index >= 15 is 0 Å². The molecule has 1 unspecified atom stereocenters. The van der Waals surface area contributed by atoms with E-state index < -0.39 is 74.7 Å². The van der Waals surface area contributed by atoms with Crippen molar-refractivity contribution >= 4 is 39.7 Å². The summed E-state index contributed by atoms with van der Waals surface area (Å²) in [5, 5.41) is 11.0. The van der Waals surface area contributed by atoms with Crippen LogP contribution in [0.3, 0.4) is 0 Å². The molecule has 0 radical (unpaired) electrons. The summed E-state index contributed by atoms with van der Waals surface area (Å²) in [7, 11) is -2.13. The van der Waals surface area contributed by atoms with Crippen LogP contribution in [-0.4, -0.2) is 115 Å². The van der Waals surface area contributed by atoms with Gasteiger partial charge in [-0.05, 0) is 40.9 Å². The monoisotopic (exact) mass is 695 g/mol. The van der Waals surface area contributed by atoms with Crippen molar-refractivity contribution in [3.8, 4) is 0 Å². The Morgan fingerprint density at radius 3 is 2.15 bits per heavy atom. The zero-order valence-corrected chi connectivity index (χ0v) is 31.1. The molecule has 1 saturated carbocycles. The summed E-state index contributed by atoms with van der Waals surface area (Å²) in [5.41, 5.74) is -1.50. The van der Waals surface area contributed by atoms with Gasteiger partial charge in [0, 0.05) is 45.8 Å². The second-order valence-corrected chi connectivity index (χ2v) is 18.1. The highest BCUT2D eigenvalue weighted by molar-refractivity contribution is 7.86. The van der Waals surface area contributed by atoms with E-state index in [0.717, 1.165) is 0 Å². The number of carbonyl (C=O) groups excluding carboxylic acids is 5. The molecule has 2 heterocycles. The maximum absolute atomic E-state index is 14.3. The number of piperidine rings is 1. The molecule has 1 aliphatic carbocycles. The number of Topliss-reactive ketones (excluding diaryl/α,β-unsaturated/α-hetero) is 1. The van der Waals surface area contributed by atoms with Crippen LogP contribution in [0.15, 0.2) is 12.7 Å². The smallest absolute Gasteiger partial charge is 0.315 e. The number of hydrogen-bond acceptors (Lipinski definition) is 7. The Hall–Kier alpha value is -3.04. The third-order valence-electron chi connectivity index (χ3n) is 10.2. The highest BCUT2D eigenvalue weighted by Gasteiger charge is 2.70. The van der Waals surface area contributed by atoms with Gasteiger partial charge in [-0.1, -0.05) is 68.4 Å². The number of rotatable bonds is 12. The molecule has 3 aliphatic rings. The van der Waals surface area contributed by atoms with Crippen LogP contribution in [0.2, 0.25) is 0 Å². The first kappa shape index (κ1) is 39.4. The summed E-state index contributed by atoms with van der Waals surface area (Å²) < 4.78 is 28.6. The predicted molar refractivity (Wildman–Crippen MR) is 183 cm³/mol. The maximum atomic E-state index is 14.3. The van der Waals surface area contributed by atoms with Gasteiger partial charge in [-0.15, -0.1) is 6.58 Å². The zero-order valence-electron chi connectivity index (χ0n) is 30.3. The number of nitrogens with zero attached hydrogens (tertiary/aromatic N) is 3. The lowest BCUT2D eigenvalue weighted by atomic mass is 9.85. The summed E-state index contributed by atoms with van der Waals surface area (Å²) >= 11 is 0. The third-order valence-corrected chi connectivity index (χ3v) is 12.1. The van der Waals surface area contributed by atoms with Crippen LogP contribution in [0, 0.1) is 28.1 Å². The number of amides is 5. The maximum Gasteiger partial charge on any atom is 0.315 e. The van der Waals surface area contributed by atoms with E-state index in [-0.39, 0.29) is 36.8 Å². The van der Waals surface area contributed by atoms with Crippen molar-refractivity contribution in [1.29, 1.82) is 0 Å². The van der Waals surface area contributed by atoms with Gasteiger partial charge in [0.15, 0.2) is 0 Å². The van der Waals surface area contributed by atoms with E-state index in [2.05, 4.69) is 27.8 Å². The van der Waals surface area contributed by atoms with Crippen LogP contribution in [0.25, 0.3) is 0 Å². The minimum absolute atomic E-state index is 0.0493. The fourth-order valence-corrected chi connectivity index (χ4v) is 8.25. The number of carbonyl (C=O) groups is 5. The Morgan fingerprint density at radius 2 is 1.60 bits per heavy atom. The quantitative estimate of drug-likeness (QED) is 0.175. The Labute approximate surface area is 286 Å². The van der Waals surface area contributed by atoms with E-state index in [4.69, 9.17) is 0 Å². The van der Waals surface area contributed by atoms with Gasteiger partial charge < -0.3 is 26.2 Å². The molecular formula is C33H57N7O7S. The number of nitrogens with one attached hydrogen (secondary N) is 4. The van der Waals surface area contributed by atoms with Crippen LogP contribution >= 0.6 is 0 Å². The molecule has 0 bridgehead atoms. The van der Waals surface area contributed by atoms with Gasteiger partial charge in [0.2, 0.25) is 17.6 Å². The van der Waals surface area contributed by atoms with Crippen LogP contribution < -0.4 is 21.3 Å². The summed E-state index contributed by atoms with van der Waals surface area (Å²) in [6, 6.07) is -4.21. The van der Waals surface area contributed by atoms with Crippen LogP contribution in [0.5, 0.6) is 0 Å². The SMILES string of the molecule is C=CCNC(=O)C(=O)C(CC)NC(=O)[C@@H]1[C@@H]2[C@H](CN1C(=O)[C@@H](NC(=O)N[C@H](CN1CCCN(C)S1(=O)=O)C(C)(C)C)C(C)(C)C)C2(C)C. The van der Waals surface area contributed by atoms with Gasteiger partial charge in [0.1, 0.15) is 12.1 Å². The lowest BCUT2D eigenvalue weighted by Gasteiger charge is -2.40. The molecule has 5 amide bonds. The fraction of sp³-hybridized carbons (Fsp3) is 0.788. The van der Waals surface area contributed by atoms with E-state index in [1.807, 2.05) is 55.4 Å². The Kier molecular flexibility index (Phi) is 11.9. The van der Waals surface area contributed by atoms with Crippen molar-refractivity contribution in [3.05, 3.63) is 12.7 Å². The molecule has 3 fully saturated rings. The lowest BCUT2D eigenvalue weighted by Crippen LogP contribution is -2.63. The first-order valence-electron chi connectivity index (χ1n) is 16.8. The number of hydrogen-bond donors (Lipinski definition) is 4. The minimum atomic E-state index is -3.67. The van der Waals surface area contributed by atoms with Crippen molar-refractivity contribution in [2.75, 3.05) is 39.8 Å². The van der Waals surface area contributed by atoms with Crippen molar-refractivity contribution in [2.24, 2.45) is 28.1 Å². The molecule has 3 rings (SSSR count). The van der Waals surface area contributed by atoms with Crippen LogP contribution in [-0.2, 0) is 29.4 Å². The molecule has 48 heavy (non-hydrogen) atoms. The molecule has 0 aromatic rings. The van der Waals surface area contributed by atoms with Gasteiger partial charge in [-0.3, -0.25) is 19.2 Å². The average molecular weight is 696 g/mol. The third kappa shape index (κ3) is 8.39. The largest absolute Gasteiger partial charge is 0.346 e. The summed E-state index contributed by atoms with van der Waals surface area (Å²) in [5.74, 6) is -2.67. The van der Waals surface area contributed by atoms with Gasteiger partial charge in [-0.25, -0.2) is 4.79 Å². The Bertz CT molecular complexity index is 1380. The van der Waals surface area contributed by atoms with Crippen molar-refractivity contribution in [1.82, 2.24) is 34.8 Å². The van der Waals surface area contributed by atoms with E-state index in [1.165, 1.54) is 26.6 Å². The first-order chi connectivity index (χ1) is 22.0. The molecule has 2 aliphatic heterocycles. The lowest BCUT2D eigenvalue weighted by molar-refractivity contribution is -0.145. The molecule has 4 N–H and O–H groups in total. The summed E-state index contributed by atoms with van der Waals surface area (Å²) in [6.07, 6.45) is 2.29. The standard InChI is InChI=1S/C33H57N7O7S/c1-12-15-34-28(43)25(41)21(13-2)35-27(42)24-23-20(33(23,9)10)18-40(24)29(44)26(32(6,7)8)37-30(45)36-22(31(3,4)5)19-39-17-14-16-38(11)48(39,46)47/h12,20-24,26H,1,13-19H2,2-11H3,(H,34,43)(H,35,42)(H2,36,37,45)/t20-,21?,22+,23-,24-,26+/m0/s1. The van der Waals surface area contributed by atoms with Crippen LogP contribution in [0.4, 0.5) is 4.79 Å². The van der Waals surface area contributed by atoms with Gasteiger partial charge in [-0.2, -0.15) is 17.0 Å². The zero-order chi connectivity index (χ0) is 36.6. The molecule has 6 atom stereocenters. The normalized spacial score (nSPS) is 25.5. The van der Waals surface area contributed by atoms with E-state index in [1.54, 1.807) is 6.92 Å². The summed E-state index contributed by atoms with van der Waals surface area (Å²) in [4.78, 5) is 68.4. The minimum Gasteiger partial charge on any atom is -0.346 e. The topological polar surface area (TPSA) is 177 Å². The number of likely N-dealkylation sites (tertiary alicyclic amines) is 1. The van der Waals surface area contributed by atoms with Crippen molar-refractivity contribution in [3.63, 3.8) is 0 Å². The fourth-order valence-electron chi connectivity index (χ4n) is 6.80. The molecule has 0 spiro atoms. The van der Waals surface area contributed by atoms with Crippen LogP contribution in [0.1, 0.15) is 75.2 Å². The Morgan fingerprint density at radius 1 is 0.979 bits per heavy atom. The molecule has 0 aromatic heterocycles. The average Bonchev–Trinajstić information content (AvgIpc) is 3.28. The number of ketones is 1. The second kappa shape index (κ2) is 14.4. The highest BCUT2D eigenvalue weighted by atomic mass is 32.2. The number of fused-ring (bicyclic) bond motifs is 1. The molecule has 2 saturated heterocycles. The van der Waals surface area contributed by atoms with E-state index in [0.29, 0.717) is 26.1 Å². The molecule has 14 nitrogen and oxygen atoms in total. The van der Waals surface area contributed by atoms with Crippen molar-refractivity contribution < 1.29 is 32.4 Å². The number of urea groups is 1. The summed E-state index contributed by atoms with van der Waals surface area (Å²) in [6.45, 7) is 21.7. The molecular weight excluding hydrogens is 638 g/mol. The molecule has 272 valence electrons. The molecule has 15 heteroatoms. The predicted octanol–water partition coefficient (Wildman–Crippen LogP) is 1.25. The Balaban J connectivity index is 1.81. The van der Waals surface area contributed by atoms with Gasteiger partial charge >= 0.3 is 6.03 Å². The second-order valence-electron chi connectivity index (χ2n) is 16.1.